The van der Waals surface area contributed by atoms with Gasteiger partial charge in [0.2, 0.25) is 18.6 Å². The van der Waals surface area contributed by atoms with Gasteiger partial charge in [-0.05, 0) is 42.0 Å². The molecule has 0 aromatic heterocycles. The fourth-order valence-electron chi connectivity index (χ4n) is 3.58. The molecule has 1 N–H and O–H groups in total. The van der Waals surface area contributed by atoms with Crippen LogP contribution in [0.2, 0.25) is 0 Å². The van der Waals surface area contributed by atoms with Gasteiger partial charge in [0.25, 0.3) is 0 Å². The summed E-state index contributed by atoms with van der Waals surface area (Å²) in [5.74, 6) is 0.970. The summed E-state index contributed by atoms with van der Waals surface area (Å²) in [5.41, 5.74) is 2.30. The Hall–Kier alpha value is -3.78. The second kappa shape index (κ2) is 9.38. The van der Waals surface area contributed by atoms with Gasteiger partial charge in [0.05, 0.1) is 12.2 Å². The Morgan fingerprint density at radius 1 is 1.00 bits per heavy atom. The molecule has 1 fully saturated rings. The fraction of sp³-hybridized carbons (Fsp3) is 0.160. The van der Waals surface area contributed by atoms with Crippen molar-refractivity contribution in [2.75, 3.05) is 12.1 Å². The minimum atomic E-state index is -0.576. The van der Waals surface area contributed by atoms with E-state index in [0.29, 0.717) is 34.6 Å². The first-order chi connectivity index (χ1) is 16.2. The molecule has 2 aliphatic rings. The summed E-state index contributed by atoms with van der Waals surface area (Å²) in [5, 5.41) is 2.81. The normalized spacial score (nSPS) is 18.4. The molecule has 166 valence electrons. The monoisotopic (exact) mass is 459 g/mol. The van der Waals surface area contributed by atoms with Crippen LogP contribution in [0.4, 0.5) is 11.4 Å². The summed E-state index contributed by atoms with van der Waals surface area (Å²) in [6, 6.07) is 24.2. The first-order valence-corrected chi connectivity index (χ1v) is 11.4. The number of carbonyl (C=O) groups excluding carboxylic acids is 2. The Balaban J connectivity index is 1.40. The average Bonchev–Trinajstić information content (AvgIpc) is 3.30. The molecule has 33 heavy (non-hydrogen) atoms. The zero-order chi connectivity index (χ0) is 22.6. The average molecular weight is 460 g/mol. The van der Waals surface area contributed by atoms with Crippen molar-refractivity contribution in [1.29, 1.82) is 0 Å². The molecular formula is C25H21N3O4S. The van der Waals surface area contributed by atoms with Gasteiger partial charge in [-0.1, -0.05) is 54.2 Å². The maximum atomic E-state index is 13.2. The van der Waals surface area contributed by atoms with E-state index in [9.17, 15) is 9.59 Å². The third-order valence-corrected chi connectivity index (χ3v) is 6.42. The van der Waals surface area contributed by atoms with Gasteiger partial charge in [0.15, 0.2) is 16.7 Å². The number of rotatable bonds is 5. The highest BCUT2D eigenvalue weighted by molar-refractivity contribution is 8.15. The Morgan fingerprint density at radius 2 is 1.73 bits per heavy atom. The lowest BCUT2D eigenvalue weighted by Crippen LogP contribution is -2.44. The van der Waals surface area contributed by atoms with E-state index in [4.69, 9.17) is 14.5 Å². The largest absolute Gasteiger partial charge is 0.454 e. The van der Waals surface area contributed by atoms with E-state index in [1.54, 1.807) is 4.90 Å². The zero-order valence-corrected chi connectivity index (χ0v) is 18.5. The molecule has 1 saturated heterocycles. The summed E-state index contributed by atoms with van der Waals surface area (Å²) >= 11 is 1.30. The Kier molecular flexibility index (Phi) is 5.99. The predicted molar refractivity (Wildman–Crippen MR) is 128 cm³/mol. The number of nitrogens with zero attached hydrogens (tertiary/aromatic N) is 2. The molecule has 8 heteroatoms. The highest BCUT2D eigenvalue weighted by atomic mass is 32.2. The lowest BCUT2D eigenvalue weighted by molar-refractivity contribution is -0.129. The number of benzene rings is 3. The Morgan fingerprint density at radius 3 is 2.52 bits per heavy atom. The highest BCUT2D eigenvalue weighted by Crippen LogP contribution is 2.35. The lowest BCUT2D eigenvalue weighted by atomic mass is 10.1. The number of carbonyl (C=O) groups is 2. The summed E-state index contributed by atoms with van der Waals surface area (Å²) < 4.78 is 10.8. The maximum Gasteiger partial charge on any atom is 0.238 e. The number of thioether (sulfide) groups is 1. The lowest BCUT2D eigenvalue weighted by Gasteiger charge is -2.32. The number of amidine groups is 1. The number of ether oxygens (including phenoxy) is 2. The van der Waals surface area contributed by atoms with Gasteiger partial charge in [-0.3, -0.25) is 14.5 Å². The van der Waals surface area contributed by atoms with Crippen LogP contribution in [-0.4, -0.2) is 33.9 Å². The second-order valence-electron chi connectivity index (χ2n) is 7.56. The molecule has 0 saturated carbocycles. The quantitative estimate of drug-likeness (QED) is 0.604. The number of nitrogens with one attached hydrogen (secondary N) is 1. The summed E-state index contributed by atoms with van der Waals surface area (Å²) in [6.07, 6.45) is 0.0850. The first-order valence-electron chi connectivity index (χ1n) is 10.5. The molecule has 0 spiro atoms. The first kappa shape index (κ1) is 21.1. The van der Waals surface area contributed by atoms with Crippen LogP contribution in [0.15, 0.2) is 83.9 Å². The number of para-hydroxylation sites is 2. The van der Waals surface area contributed by atoms with Gasteiger partial charge >= 0.3 is 0 Å². The van der Waals surface area contributed by atoms with Crippen molar-refractivity contribution in [3.05, 3.63) is 84.4 Å². The smallest absolute Gasteiger partial charge is 0.238 e. The molecule has 5 rings (SSSR count). The van der Waals surface area contributed by atoms with Gasteiger partial charge in [-0.15, -0.1) is 0 Å². The maximum absolute atomic E-state index is 13.2. The van der Waals surface area contributed by atoms with E-state index in [0.717, 1.165) is 5.56 Å². The third-order valence-electron chi connectivity index (χ3n) is 5.23. The Labute approximate surface area is 195 Å². The van der Waals surface area contributed by atoms with E-state index in [2.05, 4.69) is 5.32 Å². The van der Waals surface area contributed by atoms with E-state index >= 15 is 0 Å². The molecule has 0 unspecified atom stereocenters. The van der Waals surface area contributed by atoms with Gasteiger partial charge < -0.3 is 14.8 Å². The molecule has 3 aromatic rings. The number of aliphatic imine (C=N–C) groups is 1. The van der Waals surface area contributed by atoms with Crippen molar-refractivity contribution < 1.29 is 19.1 Å². The molecule has 3 aromatic carbocycles. The summed E-state index contributed by atoms with van der Waals surface area (Å²) in [6.45, 7) is 0.511. The van der Waals surface area contributed by atoms with Crippen molar-refractivity contribution >= 4 is 40.1 Å². The third kappa shape index (κ3) is 4.85. The molecular weight excluding hydrogens is 438 g/mol. The van der Waals surface area contributed by atoms with Crippen LogP contribution in [-0.2, 0) is 16.1 Å². The molecule has 1 atom stereocenters. The molecule has 0 bridgehead atoms. The number of amides is 2. The van der Waals surface area contributed by atoms with Crippen molar-refractivity contribution in [2.24, 2.45) is 4.99 Å². The standard InChI is InChI=1S/C25H21N3O4S/c29-23-14-22(24(30)26-18-7-3-1-4-8-18)33-25(27-19-9-5-2-6-10-19)28(23)15-17-11-12-20-21(13-17)32-16-31-20/h1-13,22H,14-16H2,(H,26,30)/t22-/m1/s1. The van der Waals surface area contributed by atoms with Crippen LogP contribution < -0.4 is 14.8 Å². The van der Waals surface area contributed by atoms with Crippen molar-refractivity contribution in [2.45, 2.75) is 18.2 Å². The fourth-order valence-corrected chi connectivity index (χ4v) is 4.67. The van der Waals surface area contributed by atoms with E-state index < -0.39 is 5.25 Å². The molecule has 2 aliphatic heterocycles. The van der Waals surface area contributed by atoms with Crippen LogP contribution in [0.3, 0.4) is 0 Å². The molecule has 2 amide bonds. The van der Waals surface area contributed by atoms with Crippen LogP contribution in [0.25, 0.3) is 0 Å². The van der Waals surface area contributed by atoms with E-state index in [1.165, 1.54) is 11.8 Å². The van der Waals surface area contributed by atoms with Gasteiger partial charge in [-0.2, -0.15) is 0 Å². The minimum Gasteiger partial charge on any atom is -0.454 e. The SMILES string of the molecule is O=C(Nc1ccccc1)[C@H]1CC(=O)N(Cc2ccc3c(c2)OCO3)C(=Nc2ccccc2)S1. The van der Waals surface area contributed by atoms with Gasteiger partial charge in [-0.25, -0.2) is 4.99 Å². The number of hydrogen-bond acceptors (Lipinski definition) is 6. The van der Waals surface area contributed by atoms with Gasteiger partial charge in [0, 0.05) is 12.1 Å². The topological polar surface area (TPSA) is 80.2 Å². The second-order valence-corrected chi connectivity index (χ2v) is 8.73. The summed E-state index contributed by atoms with van der Waals surface area (Å²) in [7, 11) is 0. The molecule has 0 aliphatic carbocycles. The molecule has 2 heterocycles. The summed E-state index contributed by atoms with van der Waals surface area (Å²) in [4.78, 5) is 32.4. The van der Waals surface area contributed by atoms with Crippen molar-refractivity contribution in [1.82, 2.24) is 4.90 Å². The van der Waals surface area contributed by atoms with E-state index in [1.807, 2.05) is 78.9 Å². The van der Waals surface area contributed by atoms with Crippen LogP contribution >= 0.6 is 11.8 Å². The van der Waals surface area contributed by atoms with Crippen LogP contribution in [0, 0.1) is 0 Å². The molecule has 7 nitrogen and oxygen atoms in total. The Bertz CT molecular complexity index is 1200. The number of anilines is 1. The highest BCUT2D eigenvalue weighted by Gasteiger charge is 2.36. The van der Waals surface area contributed by atoms with Gasteiger partial charge in [0.1, 0.15) is 5.25 Å². The molecule has 0 radical (unpaired) electrons. The van der Waals surface area contributed by atoms with Crippen molar-refractivity contribution in [3.63, 3.8) is 0 Å². The van der Waals surface area contributed by atoms with Crippen molar-refractivity contribution in [3.8, 4) is 11.5 Å². The van der Waals surface area contributed by atoms with Crippen LogP contribution in [0.5, 0.6) is 11.5 Å². The number of hydrogen-bond donors (Lipinski definition) is 1. The minimum absolute atomic E-state index is 0.0850. The van der Waals surface area contributed by atoms with Crippen LogP contribution in [0.1, 0.15) is 12.0 Å². The predicted octanol–water partition coefficient (Wildman–Crippen LogP) is 4.58. The number of fused-ring (bicyclic) bond motifs is 1. The van der Waals surface area contributed by atoms with E-state index in [-0.39, 0.29) is 25.0 Å². The zero-order valence-electron chi connectivity index (χ0n) is 17.6.